The molecule has 0 saturated carbocycles. The predicted molar refractivity (Wildman–Crippen MR) is 101 cm³/mol. The molecule has 0 radical (unpaired) electrons. The number of hydrazine groups is 1. The quantitative estimate of drug-likeness (QED) is 0.667. The van der Waals surface area contributed by atoms with Gasteiger partial charge in [0, 0.05) is 10.0 Å². The highest BCUT2D eigenvalue weighted by Crippen LogP contribution is 2.36. The van der Waals surface area contributed by atoms with E-state index in [2.05, 4.69) is 21.4 Å². The minimum absolute atomic E-state index is 0.129. The van der Waals surface area contributed by atoms with Crippen LogP contribution < -0.4 is 5.43 Å². The van der Waals surface area contributed by atoms with E-state index in [4.69, 9.17) is 4.42 Å². The van der Waals surface area contributed by atoms with E-state index in [1.807, 2.05) is 36.4 Å². The lowest BCUT2D eigenvalue weighted by atomic mass is 10.0. The lowest BCUT2D eigenvalue weighted by Crippen LogP contribution is -2.39. The Morgan fingerprint density at radius 1 is 1.08 bits per heavy atom. The normalized spacial score (nSPS) is 16.3. The van der Waals surface area contributed by atoms with Gasteiger partial charge in [-0.1, -0.05) is 46.3 Å². The largest absolute Gasteiger partial charge is 0.508 e. The van der Waals surface area contributed by atoms with Crippen LogP contribution in [0.25, 0.3) is 5.70 Å². The van der Waals surface area contributed by atoms with Gasteiger partial charge in [0.15, 0.2) is 5.76 Å². The van der Waals surface area contributed by atoms with Crippen LogP contribution in [0.5, 0.6) is 5.75 Å². The van der Waals surface area contributed by atoms with E-state index in [1.165, 1.54) is 11.3 Å². The fourth-order valence-electron chi connectivity index (χ4n) is 2.92. The van der Waals surface area contributed by atoms with Crippen LogP contribution in [0.2, 0.25) is 0 Å². The van der Waals surface area contributed by atoms with Crippen molar-refractivity contribution in [1.29, 1.82) is 0 Å². The van der Waals surface area contributed by atoms with E-state index >= 15 is 0 Å². The van der Waals surface area contributed by atoms with Gasteiger partial charge in [-0.2, -0.15) is 0 Å². The molecule has 5 nitrogen and oxygen atoms in total. The van der Waals surface area contributed by atoms with Crippen molar-refractivity contribution in [2.75, 3.05) is 0 Å². The lowest BCUT2D eigenvalue weighted by molar-refractivity contribution is 0.0638. The summed E-state index contributed by atoms with van der Waals surface area (Å²) in [5, 5.41) is 11.7. The average Bonchev–Trinajstić information content (AvgIpc) is 3.32. The highest BCUT2D eigenvalue weighted by molar-refractivity contribution is 9.10. The molecule has 2 N–H and O–H groups in total. The van der Waals surface area contributed by atoms with Gasteiger partial charge in [-0.25, -0.2) is 5.01 Å². The van der Waals surface area contributed by atoms with Crippen LogP contribution in [0.1, 0.15) is 27.7 Å². The first-order chi connectivity index (χ1) is 12.6. The smallest absolute Gasteiger partial charge is 0.308 e. The summed E-state index contributed by atoms with van der Waals surface area (Å²) < 4.78 is 6.23. The summed E-state index contributed by atoms with van der Waals surface area (Å²) in [7, 11) is 0. The first kappa shape index (κ1) is 16.5. The molecule has 0 spiro atoms. The molecule has 26 heavy (non-hydrogen) atoms. The highest BCUT2D eigenvalue weighted by Gasteiger charge is 2.33. The van der Waals surface area contributed by atoms with E-state index < -0.39 is 6.04 Å². The van der Waals surface area contributed by atoms with Crippen LogP contribution in [0.3, 0.4) is 0 Å². The maximum absolute atomic E-state index is 12.9. The van der Waals surface area contributed by atoms with Crippen molar-refractivity contribution in [3.8, 4) is 5.75 Å². The molecule has 0 bridgehead atoms. The molecule has 130 valence electrons. The number of para-hydroxylation sites is 1. The summed E-state index contributed by atoms with van der Waals surface area (Å²) in [5.74, 6) is 0.0415. The number of benzene rings is 2. The average molecular weight is 411 g/mol. The second-order valence-corrected chi connectivity index (χ2v) is 6.77. The Bertz CT molecular complexity index is 965. The zero-order valence-corrected chi connectivity index (χ0v) is 15.2. The molecule has 1 aromatic heterocycles. The summed E-state index contributed by atoms with van der Waals surface area (Å²) in [5.41, 5.74) is 5.50. The molecule has 1 atom stereocenters. The minimum Gasteiger partial charge on any atom is -0.508 e. The SMILES string of the molecule is O=C(c1ccco1)N1NC(c2ccc(Br)cc2)=CC1c1ccccc1O. The van der Waals surface area contributed by atoms with Crippen molar-refractivity contribution in [1.82, 2.24) is 10.4 Å². The number of phenols is 1. The van der Waals surface area contributed by atoms with E-state index in [9.17, 15) is 9.90 Å². The maximum atomic E-state index is 12.9. The minimum atomic E-state index is -0.465. The van der Waals surface area contributed by atoms with E-state index in [1.54, 1.807) is 30.3 Å². The Morgan fingerprint density at radius 3 is 2.54 bits per heavy atom. The summed E-state index contributed by atoms with van der Waals surface area (Å²) in [6.07, 6.45) is 3.38. The molecule has 6 heteroatoms. The predicted octanol–water partition coefficient (Wildman–Crippen LogP) is 4.49. The van der Waals surface area contributed by atoms with Gasteiger partial charge in [0.1, 0.15) is 11.8 Å². The van der Waals surface area contributed by atoms with Gasteiger partial charge in [0.2, 0.25) is 0 Å². The third kappa shape index (κ3) is 2.99. The Kier molecular flexibility index (Phi) is 4.26. The van der Waals surface area contributed by atoms with Crippen LogP contribution in [-0.2, 0) is 0 Å². The fraction of sp³-hybridized carbons (Fsp3) is 0.0500. The summed E-state index contributed by atoms with van der Waals surface area (Å²) in [6.45, 7) is 0. The summed E-state index contributed by atoms with van der Waals surface area (Å²) >= 11 is 3.42. The number of hydrogen-bond donors (Lipinski definition) is 2. The van der Waals surface area contributed by atoms with Crippen molar-refractivity contribution in [3.05, 3.63) is 94.4 Å². The number of phenolic OH excluding ortho intramolecular Hbond substituents is 1. The molecule has 1 unspecified atom stereocenters. The van der Waals surface area contributed by atoms with Crippen LogP contribution in [-0.4, -0.2) is 16.0 Å². The van der Waals surface area contributed by atoms with E-state index in [0.29, 0.717) is 5.56 Å². The number of rotatable bonds is 3. The van der Waals surface area contributed by atoms with Crippen LogP contribution in [0, 0.1) is 0 Å². The van der Waals surface area contributed by atoms with Crippen LogP contribution in [0.15, 0.2) is 81.9 Å². The monoisotopic (exact) mass is 410 g/mol. The molecule has 2 aromatic carbocycles. The molecule has 1 amide bonds. The third-order valence-electron chi connectivity index (χ3n) is 4.20. The van der Waals surface area contributed by atoms with Crippen LogP contribution >= 0.6 is 15.9 Å². The highest BCUT2D eigenvalue weighted by atomic mass is 79.9. The van der Waals surface area contributed by atoms with Gasteiger partial charge >= 0.3 is 5.91 Å². The Hall–Kier alpha value is -2.99. The second kappa shape index (κ2) is 6.72. The molecular formula is C20H15BrN2O3. The molecule has 3 aromatic rings. The molecular weight excluding hydrogens is 396 g/mol. The van der Waals surface area contributed by atoms with E-state index in [-0.39, 0.29) is 17.4 Å². The number of carbonyl (C=O) groups excluding carboxylic acids is 1. The molecule has 0 saturated heterocycles. The number of carbonyl (C=O) groups is 1. The van der Waals surface area contributed by atoms with Crippen molar-refractivity contribution in [3.63, 3.8) is 0 Å². The molecule has 0 aliphatic carbocycles. The van der Waals surface area contributed by atoms with Gasteiger partial charge in [-0.05, 0) is 42.0 Å². The van der Waals surface area contributed by atoms with Gasteiger partial charge in [0.25, 0.3) is 0 Å². The summed E-state index contributed by atoms with van der Waals surface area (Å²) in [4.78, 5) is 12.9. The molecule has 1 aliphatic rings. The van der Waals surface area contributed by atoms with Gasteiger partial charge in [-0.3, -0.25) is 10.2 Å². The first-order valence-electron chi connectivity index (χ1n) is 8.03. The Morgan fingerprint density at radius 2 is 1.85 bits per heavy atom. The number of amides is 1. The standard InChI is InChI=1S/C20H15BrN2O3/c21-14-9-7-13(8-10-14)16-12-17(15-4-1-2-5-18(15)24)23(22-16)20(25)19-6-3-11-26-19/h1-12,17,22,24H. The fourth-order valence-corrected chi connectivity index (χ4v) is 3.19. The Balaban J connectivity index is 1.75. The zero-order valence-electron chi connectivity index (χ0n) is 13.6. The summed E-state index contributed by atoms with van der Waals surface area (Å²) in [6, 6.07) is 17.6. The van der Waals surface area contributed by atoms with Crippen LogP contribution in [0.4, 0.5) is 0 Å². The molecule has 1 aliphatic heterocycles. The third-order valence-corrected chi connectivity index (χ3v) is 4.73. The first-order valence-corrected chi connectivity index (χ1v) is 8.82. The van der Waals surface area contributed by atoms with Crippen molar-refractivity contribution in [2.24, 2.45) is 0 Å². The van der Waals surface area contributed by atoms with Gasteiger partial charge in [-0.15, -0.1) is 0 Å². The number of furan rings is 1. The zero-order chi connectivity index (χ0) is 18.1. The van der Waals surface area contributed by atoms with Gasteiger partial charge < -0.3 is 9.52 Å². The molecule has 2 heterocycles. The maximum Gasteiger partial charge on any atom is 0.308 e. The number of halogens is 1. The van der Waals surface area contributed by atoms with E-state index in [0.717, 1.165) is 15.7 Å². The van der Waals surface area contributed by atoms with Crippen molar-refractivity contribution in [2.45, 2.75) is 6.04 Å². The number of hydrogen-bond acceptors (Lipinski definition) is 4. The topological polar surface area (TPSA) is 65.7 Å². The number of nitrogens with one attached hydrogen (secondary N) is 1. The second-order valence-electron chi connectivity index (χ2n) is 5.86. The molecule has 4 rings (SSSR count). The Labute approximate surface area is 158 Å². The van der Waals surface area contributed by atoms with Gasteiger partial charge in [0.05, 0.1) is 12.0 Å². The van der Waals surface area contributed by atoms with Crippen molar-refractivity contribution < 1.29 is 14.3 Å². The molecule has 0 fully saturated rings. The number of nitrogens with zero attached hydrogens (tertiary/aromatic N) is 1. The van der Waals surface area contributed by atoms with Crippen molar-refractivity contribution >= 4 is 27.5 Å². The number of aromatic hydroxyl groups is 1. The lowest BCUT2D eigenvalue weighted by Gasteiger charge is -2.25.